The number of benzene rings is 2. The average molecular weight is 456 g/mol. The van der Waals surface area contributed by atoms with Gasteiger partial charge in [0.1, 0.15) is 18.6 Å². The molecule has 0 atom stereocenters. The van der Waals surface area contributed by atoms with Gasteiger partial charge in [-0.3, -0.25) is 19.8 Å². The summed E-state index contributed by atoms with van der Waals surface area (Å²) in [7, 11) is -3.27. The molecular weight excluding hydrogens is 436 g/mol. The molecule has 0 spiro atoms. The van der Waals surface area contributed by atoms with Crippen LogP contribution in [0.15, 0.2) is 68.9 Å². The molecule has 0 bridgehead atoms. The van der Waals surface area contributed by atoms with E-state index in [4.69, 9.17) is 9.15 Å². The summed E-state index contributed by atoms with van der Waals surface area (Å²) in [6, 6.07) is 12.4. The molecule has 0 N–H and O–H groups in total. The van der Waals surface area contributed by atoms with Crippen LogP contribution in [-0.4, -0.2) is 24.5 Å². The third-order valence-electron chi connectivity index (χ3n) is 5.17. The Morgan fingerprint density at radius 1 is 1.09 bits per heavy atom. The smallest absolute Gasteiger partial charge is 0.269 e. The van der Waals surface area contributed by atoms with Crippen LogP contribution in [0.25, 0.3) is 0 Å². The highest BCUT2D eigenvalue weighted by molar-refractivity contribution is 7.90. The Labute approximate surface area is 183 Å². The topological polar surface area (TPSA) is 120 Å². The van der Waals surface area contributed by atoms with Crippen molar-refractivity contribution in [3.05, 3.63) is 97.6 Å². The number of fused-ring (bicyclic) bond motifs is 1. The quantitative estimate of drug-likeness (QED) is 0.393. The second-order valence-electron chi connectivity index (χ2n) is 7.63. The van der Waals surface area contributed by atoms with Gasteiger partial charge in [0.05, 0.1) is 16.4 Å². The Kier molecular flexibility index (Phi) is 5.81. The molecule has 2 aromatic carbocycles. The summed E-state index contributed by atoms with van der Waals surface area (Å²) < 4.78 is 34.1. The lowest BCUT2D eigenvalue weighted by atomic mass is 10.1. The van der Waals surface area contributed by atoms with Crippen LogP contribution >= 0.6 is 0 Å². The third kappa shape index (κ3) is 4.87. The predicted octanol–water partition coefficient (Wildman–Crippen LogP) is 3.05. The van der Waals surface area contributed by atoms with E-state index >= 15 is 0 Å². The molecule has 2 heterocycles. The zero-order valence-electron chi connectivity index (χ0n) is 17.2. The van der Waals surface area contributed by atoms with Crippen molar-refractivity contribution in [1.29, 1.82) is 0 Å². The van der Waals surface area contributed by atoms with Gasteiger partial charge < -0.3 is 9.15 Å². The normalized spacial score (nSPS) is 13.7. The minimum absolute atomic E-state index is 0.0567. The summed E-state index contributed by atoms with van der Waals surface area (Å²) in [5, 5.41) is 10.9. The van der Waals surface area contributed by atoms with E-state index in [9.17, 15) is 23.3 Å². The fourth-order valence-electron chi connectivity index (χ4n) is 3.52. The maximum absolute atomic E-state index is 12.4. The molecule has 4 rings (SSSR count). The summed E-state index contributed by atoms with van der Waals surface area (Å²) >= 11 is 0. The van der Waals surface area contributed by atoms with Crippen LogP contribution in [0.1, 0.15) is 22.5 Å². The zero-order valence-corrected chi connectivity index (χ0v) is 18.0. The molecule has 1 aliphatic rings. The highest BCUT2D eigenvalue weighted by Crippen LogP contribution is 2.27. The van der Waals surface area contributed by atoms with Crippen LogP contribution in [0.4, 0.5) is 5.69 Å². The first-order valence-corrected chi connectivity index (χ1v) is 11.6. The fourth-order valence-corrected chi connectivity index (χ4v) is 4.15. The molecule has 0 saturated heterocycles. The number of ether oxygens (including phenoxy) is 1. The average Bonchev–Trinajstić information content (AvgIpc) is 3.14. The summed E-state index contributed by atoms with van der Waals surface area (Å²) in [5.74, 6) is 0.517. The van der Waals surface area contributed by atoms with Crippen molar-refractivity contribution < 1.29 is 22.5 Å². The predicted molar refractivity (Wildman–Crippen MR) is 115 cm³/mol. The fraction of sp³-hybridized carbons (Fsp3) is 0.227. The van der Waals surface area contributed by atoms with E-state index in [1.165, 1.54) is 30.5 Å². The van der Waals surface area contributed by atoms with Gasteiger partial charge in [-0.25, -0.2) is 8.42 Å². The molecule has 0 saturated carbocycles. The Bertz CT molecular complexity index is 1330. The first kappa shape index (κ1) is 21.7. The van der Waals surface area contributed by atoms with E-state index in [-0.39, 0.29) is 28.4 Å². The SMILES string of the molecule is CS(=O)(=O)c1ccc(COc2coc(CN3Cc4ccc([N+](=O)[O-])cc4C3)cc2=O)cc1. The van der Waals surface area contributed by atoms with Crippen LogP contribution in [0, 0.1) is 10.1 Å². The van der Waals surface area contributed by atoms with Gasteiger partial charge in [0, 0.05) is 37.5 Å². The van der Waals surface area contributed by atoms with Gasteiger partial charge in [-0.15, -0.1) is 0 Å². The molecule has 0 unspecified atom stereocenters. The molecule has 9 nitrogen and oxygen atoms in total. The maximum Gasteiger partial charge on any atom is 0.269 e. The molecule has 166 valence electrons. The second kappa shape index (κ2) is 8.56. The van der Waals surface area contributed by atoms with E-state index in [2.05, 4.69) is 0 Å². The van der Waals surface area contributed by atoms with Crippen LogP contribution in [0.5, 0.6) is 5.75 Å². The lowest BCUT2D eigenvalue weighted by Gasteiger charge is -2.14. The van der Waals surface area contributed by atoms with Crippen LogP contribution in [0.3, 0.4) is 0 Å². The highest BCUT2D eigenvalue weighted by atomic mass is 32.2. The van der Waals surface area contributed by atoms with Crippen molar-refractivity contribution >= 4 is 15.5 Å². The van der Waals surface area contributed by atoms with Crippen LogP contribution in [0.2, 0.25) is 0 Å². The Morgan fingerprint density at radius 2 is 1.81 bits per heavy atom. The molecule has 0 radical (unpaired) electrons. The molecular formula is C22H20N2O7S. The van der Waals surface area contributed by atoms with Gasteiger partial charge in [-0.2, -0.15) is 0 Å². The van der Waals surface area contributed by atoms with Gasteiger partial charge in [-0.1, -0.05) is 18.2 Å². The minimum atomic E-state index is -3.27. The van der Waals surface area contributed by atoms with Crippen molar-refractivity contribution in [2.45, 2.75) is 31.1 Å². The summed E-state index contributed by atoms with van der Waals surface area (Å²) in [6.07, 6.45) is 2.40. The summed E-state index contributed by atoms with van der Waals surface area (Å²) in [6.45, 7) is 1.61. The van der Waals surface area contributed by atoms with E-state index < -0.39 is 14.8 Å². The molecule has 1 aliphatic heterocycles. The third-order valence-corrected chi connectivity index (χ3v) is 6.29. The number of non-ortho nitro benzene ring substituents is 1. The van der Waals surface area contributed by atoms with Crippen molar-refractivity contribution in [3.63, 3.8) is 0 Å². The van der Waals surface area contributed by atoms with Crippen LogP contribution < -0.4 is 10.2 Å². The number of hydrogen-bond acceptors (Lipinski definition) is 8. The van der Waals surface area contributed by atoms with Gasteiger partial charge in [-0.05, 0) is 28.8 Å². The van der Waals surface area contributed by atoms with E-state index in [1.54, 1.807) is 24.3 Å². The number of nitro groups is 1. The van der Waals surface area contributed by atoms with Gasteiger partial charge in [0.2, 0.25) is 11.2 Å². The van der Waals surface area contributed by atoms with E-state index in [1.807, 2.05) is 4.90 Å². The van der Waals surface area contributed by atoms with E-state index in [0.29, 0.717) is 31.0 Å². The molecule has 1 aromatic heterocycles. The van der Waals surface area contributed by atoms with Crippen molar-refractivity contribution in [1.82, 2.24) is 4.90 Å². The zero-order chi connectivity index (χ0) is 22.9. The number of nitrogens with zero attached hydrogens (tertiary/aromatic N) is 2. The standard InChI is InChI=1S/C22H20N2O7S/c1-32(28,29)20-6-2-15(3-7-20)13-31-22-14-30-19(9-21(22)25)12-23-10-16-4-5-18(24(26)27)8-17(16)11-23/h2-9,14H,10-13H2,1H3. The molecule has 0 aliphatic carbocycles. The number of sulfone groups is 1. The maximum atomic E-state index is 12.4. The number of rotatable bonds is 7. The first-order chi connectivity index (χ1) is 15.2. The minimum Gasteiger partial charge on any atom is -0.482 e. The molecule has 0 amide bonds. The number of hydrogen-bond donors (Lipinski definition) is 0. The molecule has 10 heteroatoms. The first-order valence-electron chi connectivity index (χ1n) is 9.71. The Balaban J connectivity index is 1.37. The molecule has 32 heavy (non-hydrogen) atoms. The molecule has 3 aromatic rings. The van der Waals surface area contributed by atoms with Gasteiger partial charge in [0.25, 0.3) is 5.69 Å². The lowest BCUT2D eigenvalue weighted by molar-refractivity contribution is -0.384. The molecule has 0 fully saturated rings. The van der Waals surface area contributed by atoms with Crippen molar-refractivity contribution in [2.24, 2.45) is 0 Å². The van der Waals surface area contributed by atoms with E-state index in [0.717, 1.165) is 17.4 Å². The Hall–Kier alpha value is -3.50. The van der Waals surface area contributed by atoms with Crippen molar-refractivity contribution in [2.75, 3.05) is 6.26 Å². The largest absolute Gasteiger partial charge is 0.482 e. The lowest BCUT2D eigenvalue weighted by Crippen LogP contribution is -2.17. The highest BCUT2D eigenvalue weighted by Gasteiger charge is 2.22. The monoisotopic (exact) mass is 456 g/mol. The van der Waals surface area contributed by atoms with Crippen LogP contribution in [-0.2, 0) is 36.1 Å². The number of nitro benzene ring substituents is 1. The Morgan fingerprint density at radius 3 is 2.47 bits per heavy atom. The summed E-state index contributed by atoms with van der Waals surface area (Å²) in [4.78, 5) is 25.2. The second-order valence-corrected chi connectivity index (χ2v) is 9.65. The van der Waals surface area contributed by atoms with Gasteiger partial charge >= 0.3 is 0 Å². The van der Waals surface area contributed by atoms with Crippen molar-refractivity contribution in [3.8, 4) is 5.75 Å². The van der Waals surface area contributed by atoms with Gasteiger partial charge in [0.15, 0.2) is 9.84 Å². The summed E-state index contributed by atoms with van der Waals surface area (Å²) in [5.41, 5.74) is 2.35.